The van der Waals surface area contributed by atoms with Gasteiger partial charge in [-0.1, -0.05) is 26.7 Å². The maximum atomic E-state index is 12.3. The number of thiophene rings is 1. The molecule has 1 aliphatic carbocycles. The molecule has 19 heavy (non-hydrogen) atoms. The molecule has 0 aliphatic heterocycles. The van der Waals surface area contributed by atoms with Gasteiger partial charge in [-0.15, -0.1) is 11.3 Å². The Morgan fingerprint density at radius 3 is 2.74 bits per heavy atom. The van der Waals surface area contributed by atoms with Gasteiger partial charge < -0.3 is 0 Å². The van der Waals surface area contributed by atoms with E-state index in [9.17, 15) is 8.42 Å². The Kier molecular flexibility index (Phi) is 4.00. The molecular weight excluding hydrogens is 280 g/mol. The average Bonchev–Trinajstić information content (AvgIpc) is 2.81. The molecule has 1 aliphatic rings. The summed E-state index contributed by atoms with van der Waals surface area (Å²) in [5.41, 5.74) is -0.0133. The molecule has 6 heteroatoms. The maximum absolute atomic E-state index is 12.3. The lowest BCUT2D eigenvalue weighted by molar-refractivity contribution is 0.188. The molecular formula is C13H18N2O2S2. The Morgan fingerprint density at radius 2 is 2.16 bits per heavy atom. The first kappa shape index (κ1) is 14.5. The summed E-state index contributed by atoms with van der Waals surface area (Å²) in [6.45, 7) is 4.21. The SMILES string of the molecule is CC1(C)CCCCC1NS(=O)(=O)c1ccc(C#N)s1. The van der Waals surface area contributed by atoms with Crippen molar-refractivity contribution >= 4 is 21.4 Å². The molecule has 0 saturated heterocycles. The summed E-state index contributed by atoms with van der Waals surface area (Å²) in [6.07, 6.45) is 4.13. The third-order valence-corrected chi connectivity index (χ3v) is 6.71. The molecule has 0 aromatic carbocycles. The Morgan fingerprint density at radius 1 is 1.42 bits per heavy atom. The van der Waals surface area contributed by atoms with Crippen LogP contribution in [0.3, 0.4) is 0 Å². The molecule has 2 rings (SSSR count). The van der Waals surface area contributed by atoms with E-state index in [1.54, 1.807) is 6.07 Å². The quantitative estimate of drug-likeness (QED) is 0.932. The number of nitrogens with zero attached hydrogens (tertiary/aromatic N) is 1. The largest absolute Gasteiger partial charge is 0.250 e. The van der Waals surface area contributed by atoms with E-state index in [-0.39, 0.29) is 15.7 Å². The number of nitrogens with one attached hydrogen (secondary N) is 1. The lowest BCUT2D eigenvalue weighted by Gasteiger charge is -2.38. The van der Waals surface area contributed by atoms with E-state index < -0.39 is 10.0 Å². The molecule has 1 N–H and O–H groups in total. The molecule has 0 radical (unpaired) electrons. The zero-order valence-electron chi connectivity index (χ0n) is 11.1. The van der Waals surface area contributed by atoms with Gasteiger partial charge in [0.05, 0.1) is 0 Å². The van der Waals surface area contributed by atoms with E-state index in [2.05, 4.69) is 18.6 Å². The van der Waals surface area contributed by atoms with Gasteiger partial charge in [0, 0.05) is 6.04 Å². The number of rotatable bonds is 3. The van der Waals surface area contributed by atoms with Crippen LogP contribution < -0.4 is 4.72 Å². The topological polar surface area (TPSA) is 70.0 Å². The Bertz CT molecular complexity index is 596. The van der Waals surface area contributed by atoms with Crippen molar-refractivity contribution < 1.29 is 8.42 Å². The van der Waals surface area contributed by atoms with Crippen LogP contribution in [0.15, 0.2) is 16.3 Å². The minimum absolute atomic E-state index is 0.0133. The summed E-state index contributed by atoms with van der Waals surface area (Å²) in [4.78, 5) is 0.420. The van der Waals surface area contributed by atoms with Crippen molar-refractivity contribution in [2.75, 3.05) is 0 Å². The van der Waals surface area contributed by atoms with Crippen molar-refractivity contribution in [3.05, 3.63) is 17.0 Å². The normalized spacial score (nSPS) is 22.9. The van der Waals surface area contributed by atoms with Gasteiger partial charge in [-0.25, -0.2) is 13.1 Å². The molecule has 1 fully saturated rings. The van der Waals surface area contributed by atoms with Crippen LogP contribution in [0.25, 0.3) is 0 Å². The second-order valence-corrected chi connectivity index (χ2v) is 8.66. The zero-order valence-corrected chi connectivity index (χ0v) is 12.8. The van der Waals surface area contributed by atoms with E-state index in [1.165, 1.54) is 6.07 Å². The van der Waals surface area contributed by atoms with Gasteiger partial charge in [-0.3, -0.25) is 0 Å². The second kappa shape index (κ2) is 5.23. The van der Waals surface area contributed by atoms with Gasteiger partial charge in [0.15, 0.2) is 0 Å². The molecule has 1 heterocycles. The van der Waals surface area contributed by atoms with E-state index in [0.29, 0.717) is 4.88 Å². The number of nitriles is 1. The molecule has 1 aromatic heterocycles. The first-order valence-electron chi connectivity index (χ1n) is 6.37. The molecule has 1 aromatic rings. The average molecular weight is 298 g/mol. The zero-order chi connectivity index (χ0) is 14.1. The molecule has 0 amide bonds. The van der Waals surface area contributed by atoms with Crippen LogP contribution in [-0.2, 0) is 10.0 Å². The summed E-state index contributed by atoms with van der Waals surface area (Å²) < 4.78 is 27.7. The number of sulfonamides is 1. The molecule has 1 unspecified atom stereocenters. The molecule has 1 saturated carbocycles. The van der Waals surface area contributed by atoms with Crippen LogP contribution >= 0.6 is 11.3 Å². The third kappa shape index (κ3) is 3.16. The summed E-state index contributed by atoms with van der Waals surface area (Å²) in [7, 11) is -3.50. The highest BCUT2D eigenvalue weighted by atomic mass is 32.2. The van der Waals surface area contributed by atoms with Crippen molar-refractivity contribution in [3.63, 3.8) is 0 Å². The van der Waals surface area contributed by atoms with Crippen molar-refractivity contribution in [2.45, 2.75) is 49.8 Å². The predicted molar refractivity (Wildman–Crippen MR) is 75.4 cm³/mol. The highest BCUT2D eigenvalue weighted by Gasteiger charge is 2.35. The number of hydrogen-bond acceptors (Lipinski definition) is 4. The maximum Gasteiger partial charge on any atom is 0.250 e. The lowest BCUT2D eigenvalue weighted by atomic mass is 9.74. The van der Waals surface area contributed by atoms with E-state index >= 15 is 0 Å². The molecule has 4 nitrogen and oxygen atoms in total. The van der Waals surface area contributed by atoms with Crippen LogP contribution in [0.4, 0.5) is 0 Å². The molecule has 1 atom stereocenters. The number of hydrogen-bond donors (Lipinski definition) is 1. The Balaban J connectivity index is 2.19. The first-order valence-corrected chi connectivity index (χ1v) is 8.67. The summed E-state index contributed by atoms with van der Waals surface area (Å²) in [6, 6.07) is 4.99. The standard InChI is InChI=1S/C13H18N2O2S2/c1-13(2)8-4-3-5-11(13)15-19(16,17)12-7-6-10(9-14)18-12/h6-7,11,15H,3-5,8H2,1-2H3. The Labute approximate surface area is 118 Å². The highest BCUT2D eigenvalue weighted by Crippen LogP contribution is 2.36. The molecule has 104 valence electrons. The van der Waals surface area contributed by atoms with Crippen LogP contribution in [0.5, 0.6) is 0 Å². The van der Waals surface area contributed by atoms with Gasteiger partial charge in [0.25, 0.3) is 0 Å². The predicted octanol–water partition coefficient (Wildman–Crippen LogP) is 2.87. The van der Waals surface area contributed by atoms with E-state index in [4.69, 9.17) is 5.26 Å². The van der Waals surface area contributed by atoms with Crippen LogP contribution in [0.1, 0.15) is 44.4 Å². The first-order chi connectivity index (χ1) is 8.85. The van der Waals surface area contributed by atoms with Crippen LogP contribution in [-0.4, -0.2) is 14.5 Å². The van der Waals surface area contributed by atoms with Crippen molar-refractivity contribution in [1.82, 2.24) is 4.72 Å². The van der Waals surface area contributed by atoms with Crippen molar-refractivity contribution in [2.24, 2.45) is 5.41 Å². The van der Waals surface area contributed by atoms with Crippen molar-refractivity contribution in [3.8, 4) is 6.07 Å². The van der Waals surface area contributed by atoms with Gasteiger partial charge >= 0.3 is 0 Å². The molecule has 0 spiro atoms. The third-order valence-electron chi connectivity index (χ3n) is 3.76. The fraction of sp³-hybridized carbons (Fsp3) is 0.615. The van der Waals surface area contributed by atoms with Gasteiger partial charge in [0.1, 0.15) is 15.2 Å². The monoisotopic (exact) mass is 298 g/mol. The Hall–Kier alpha value is -0.900. The fourth-order valence-corrected chi connectivity index (χ4v) is 5.04. The molecule has 0 bridgehead atoms. The summed E-state index contributed by atoms with van der Waals surface area (Å²) >= 11 is 1.02. The van der Waals surface area contributed by atoms with Gasteiger partial charge in [-0.05, 0) is 30.4 Å². The van der Waals surface area contributed by atoms with Crippen LogP contribution in [0, 0.1) is 16.7 Å². The van der Waals surface area contributed by atoms with Crippen LogP contribution in [0.2, 0.25) is 0 Å². The minimum Gasteiger partial charge on any atom is -0.207 e. The highest BCUT2D eigenvalue weighted by molar-refractivity contribution is 7.91. The second-order valence-electron chi connectivity index (χ2n) is 5.64. The van der Waals surface area contributed by atoms with Gasteiger partial charge in [-0.2, -0.15) is 5.26 Å². The summed E-state index contributed by atoms with van der Waals surface area (Å²) in [5, 5.41) is 8.77. The lowest BCUT2D eigenvalue weighted by Crippen LogP contribution is -2.46. The smallest absolute Gasteiger partial charge is 0.207 e. The summed E-state index contributed by atoms with van der Waals surface area (Å²) in [5.74, 6) is 0. The van der Waals surface area contributed by atoms with E-state index in [1.807, 2.05) is 6.07 Å². The minimum atomic E-state index is -3.50. The van der Waals surface area contributed by atoms with E-state index in [0.717, 1.165) is 37.0 Å². The van der Waals surface area contributed by atoms with Gasteiger partial charge in [0.2, 0.25) is 10.0 Å². The fourth-order valence-electron chi connectivity index (χ4n) is 2.48. The van der Waals surface area contributed by atoms with Crippen molar-refractivity contribution in [1.29, 1.82) is 5.26 Å².